The van der Waals surface area contributed by atoms with Gasteiger partial charge in [0.25, 0.3) is 0 Å². The summed E-state index contributed by atoms with van der Waals surface area (Å²) in [6.07, 6.45) is 5.30. The summed E-state index contributed by atoms with van der Waals surface area (Å²) < 4.78 is 27.9. The second-order valence-electron chi connectivity index (χ2n) is 7.71. The zero-order valence-electron chi connectivity index (χ0n) is 17.7. The molecule has 28 heavy (non-hydrogen) atoms. The molecule has 6 nitrogen and oxygen atoms in total. The van der Waals surface area contributed by atoms with Crippen molar-refractivity contribution in [1.29, 1.82) is 0 Å². The number of aliphatic hydroxyl groups excluding tert-OH is 1. The number of methoxy groups -OCH3 is 2. The largest absolute Gasteiger partial charge is 0.487 e. The maximum atomic E-state index is 9.20. The second kappa shape index (κ2) is 12.3. The minimum atomic E-state index is -0.0546. The van der Waals surface area contributed by atoms with E-state index in [1.54, 1.807) is 14.2 Å². The van der Waals surface area contributed by atoms with Crippen LogP contribution in [0.5, 0.6) is 11.5 Å². The summed E-state index contributed by atoms with van der Waals surface area (Å²) in [6.45, 7) is 4.69. The summed E-state index contributed by atoms with van der Waals surface area (Å²) in [5.74, 6) is 2.40. The van der Waals surface area contributed by atoms with E-state index in [0.29, 0.717) is 23.3 Å². The maximum absolute atomic E-state index is 9.20. The van der Waals surface area contributed by atoms with E-state index in [1.807, 2.05) is 32.0 Å². The fourth-order valence-corrected chi connectivity index (χ4v) is 3.90. The van der Waals surface area contributed by atoms with Crippen LogP contribution in [0.2, 0.25) is 0 Å². The van der Waals surface area contributed by atoms with Crippen LogP contribution in [0.15, 0.2) is 18.2 Å². The van der Waals surface area contributed by atoms with Crippen LogP contribution in [0.3, 0.4) is 0 Å². The summed E-state index contributed by atoms with van der Waals surface area (Å²) in [5, 5.41) is 9.20. The lowest BCUT2D eigenvalue weighted by Gasteiger charge is -2.34. The molecule has 1 aromatic carbocycles. The van der Waals surface area contributed by atoms with Crippen molar-refractivity contribution in [3.05, 3.63) is 23.8 Å². The SMILES string of the molecule is COCOc1ccc(C(OCOC)C2CCC(CCO)CC2)cc1OC(C)C. The molecule has 6 heteroatoms. The Hall–Kier alpha value is -1.34. The van der Waals surface area contributed by atoms with Crippen LogP contribution >= 0.6 is 0 Å². The Morgan fingerprint density at radius 3 is 2.32 bits per heavy atom. The monoisotopic (exact) mass is 396 g/mol. The first-order valence-corrected chi connectivity index (χ1v) is 10.2. The van der Waals surface area contributed by atoms with E-state index in [2.05, 4.69) is 0 Å². The predicted octanol–water partition coefficient (Wildman–Crippen LogP) is 4.31. The van der Waals surface area contributed by atoms with Crippen LogP contribution in [-0.2, 0) is 14.2 Å². The molecule has 0 aliphatic heterocycles. The van der Waals surface area contributed by atoms with Crippen LogP contribution in [0.4, 0.5) is 0 Å². The van der Waals surface area contributed by atoms with E-state index in [9.17, 15) is 5.11 Å². The smallest absolute Gasteiger partial charge is 0.188 e. The molecule has 1 aromatic rings. The van der Waals surface area contributed by atoms with Gasteiger partial charge in [-0.2, -0.15) is 0 Å². The first-order chi connectivity index (χ1) is 13.6. The Morgan fingerprint density at radius 2 is 1.71 bits per heavy atom. The van der Waals surface area contributed by atoms with Crippen molar-refractivity contribution in [3.63, 3.8) is 0 Å². The number of benzene rings is 1. The van der Waals surface area contributed by atoms with Gasteiger partial charge in [0.1, 0.15) is 6.79 Å². The molecule has 1 aliphatic rings. The molecule has 160 valence electrons. The first kappa shape index (κ1) is 22.9. The van der Waals surface area contributed by atoms with Gasteiger partial charge < -0.3 is 28.8 Å². The van der Waals surface area contributed by atoms with Gasteiger partial charge in [-0.25, -0.2) is 0 Å². The molecule has 1 N–H and O–H groups in total. The average Bonchev–Trinajstić information content (AvgIpc) is 2.68. The highest BCUT2D eigenvalue weighted by Gasteiger charge is 2.30. The van der Waals surface area contributed by atoms with Crippen molar-refractivity contribution in [2.75, 3.05) is 34.4 Å². The summed E-state index contributed by atoms with van der Waals surface area (Å²) in [4.78, 5) is 0. The van der Waals surface area contributed by atoms with E-state index in [1.165, 1.54) is 0 Å². The molecular weight excluding hydrogens is 360 g/mol. The molecule has 1 atom stereocenters. The summed E-state index contributed by atoms with van der Waals surface area (Å²) in [6, 6.07) is 5.98. The third-order valence-corrected chi connectivity index (χ3v) is 5.21. The Labute approximate surface area is 169 Å². The fourth-order valence-electron chi connectivity index (χ4n) is 3.90. The summed E-state index contributed by atoms with van der Waals surface area (Å²) in [5.41, 5.74) is 1.07. The molecular formula is C22H36O6. The number of rotatable bonds is 12. The third kappa shape index (κ3) is 6.92. The molecule has 2 rings (SSSR count). The lowest BCUT2D eigenvalue weighted by molar-refractivity contribution is -0.100. The number of ether oxygens (including phenoxy) is 5. The van der Waals surface area contributed by atoms with Gasteiger partial charge in [0, 0.05) is 20.8 Å². The van der Waals surface area contributed by atoms with Gasteiger partial charge in [-0.3, -0.25) is 0 Å². The first-order valence-electron chi connectivity index (χ1n) is 10.2. The van der Waals surface area contributed by atoms with Gasteiger partial charge in [0.05, 0.1) is 12.2 Å². The number of hydrogen-bond acceptors (Lipinski definition) is 6. The third-order valence-electron chi connectivity index (χ3n) is 5.21. The molecule has 1 fully saturated rings. The highest BCUT2D eigenvalue weighted by Crippen LogP contribution is 2.42. The van der Waals surface area contributed by atoms with E-state index in [-0.39, 0.29) is 32.4 Å². The molecule has 1 saturated carbocycles. The van der Waals surface area contributed by atoms with Crippen molar-refractivity contribution in [1.82, 2.24) is 0 Å². The van der Waals surface area contributed by atoms with Crippen molar-refractivity contribution in [3.8, 4) is 11.5 Å². The standard InChI is InChI=1S/C22H36O6/c1-16(2)28-21-13-19(9-10-20(21)26-14-24-3)22(27-15-25-4)18-7-5-17(6-8-18)11-12-23/h9-10,13,16-18,22-23H,5-8,11-12,14-15H2,1-4H3. The van der Waals surface area contributed by atoms with E-state index in [0.717, 1.165) is 37.7 Å². The van der Waals surface area contributed by atoms with Gasteiger partial charge >= 0.3 is 0 Å². The van der Waals surface area contributed by atoms with Crippen molar-refractivity contribution in [2.24, 2.45) is 11.8 Å². The molecule has 0 aromatic heterocycles. The lowest BCUT2D eigenvalue weighted by Crippen LogP contribution is -2.24. The van der Waals surface area contributed by atoms with Crippen LogP contribution in [0.1, 0.15) is 57.6 Å². The Balaban J connectivity index is 2.19. The Bertz CT molecular complexity index is 554. The summed E-state index contributed by atoms with van der Waals surface area (Å²) >= 11 is 0. The summed E-state index contributed by atoms with van der Waals surface area (Å²) in [7, 11) is 3.24. The van der Waals surface area contributed by atoms with Gasteiger partial charge in [-0.15, -0.1) is 0 Å². The molecule has 0 radical (unpaired) electrons. The molecule has 0 amide bonds. The normalized spacial score (nSPS) is 20.9. The fraction of sp³-hybridized carbons (Fsp3) is 0.727. The average molecular weight is 397 g/mol. The van der Waals surface area contributed by atoms with Gasteiger partial charge in [-0.1, -0.05) is 6.07 Å². The molecule has 0 spiro atoms. The van der Waals surface area contributed by atoms with E-state index >= 15 is 0 Å². The minimum absolute atomic E-state index is 0.0346. The quantitative estimate of drug-likeness (QED) is 0.531. The van der Waals surface area contributed by atoms with Gasteiger partial charge in [0.2, 0.25) is 0 Å². The minimum Gasteiger partial charge on any atom is -0.487 e. The second-order valence-corrected chi connectivity index (χ2v) is 7.71. The van der Waals surface area contributed by atoms with Gasteiger partial charge in [-0.05, 0) is 75.5 Å². The van der Waals surface area contributed by atoms with Crippen molar-refractivity contribution >= 4 is 0 Å². The van der Waals surface area contributed by atoms with Crippen LogP contribution in [0, 0.1) is 11.8 Å². The molecule has 1 aliphatic carbocycles. The van der Waals surface area contributed by atoms with Crippen molar-refractivity contribution < 1.29 is 28.8 Å². The van der Waals surface area contributed by atoms with Crippen LogP contribution in [-0.4, -0.2) is 45.6 Å². The van der Waals surface area contributed by atoms with Gasteiger partial charge in [0.15, 0.2) is 18.3 Å². The Kier molecular flexibility index (Phi) is 10.1. The topological polar surface area (TPSA) is 66.4 Å². The van der Waals surface area contributed by atoms with E-state index in [4.69, 9.17) is 23.7 Å². The number of hydrogen-bond donors (Lipinski definition) is 1. The molecule has 1 unspecified atom stereocenters. The molecule has 0 saturated heterocycles. The zero-order valence-corrected chi connectivity index (χ0v) is 17.7. The Morgan fingerprint density at radius 1 is 1.00 bits per heavy atom. The van der Waals surface area contributed by atoms with Crippen molar-refractivity contribution in [2.45, 2.75) is 58.2 Å². The van der Waals surface area contributed by atoms with Crippen LogP contribution < -0.4 is 9.47 Å². The van der Waals surface area contributed by atoms with Crippen LogP contribution in [0.25, 0.3) is 0 Å². The van der Waals surface area contributed by atoms with E-state index < -0.39 is 0 Å². The highest BCUT2D eigenvalue weighted by atomic mass is 16.7. The molecule has 0 bridgehead atoms. The predicted molar refractivity (Wildman–Crippen MR) is 108 cm³/mol. The number of aliphatic hydroxyl groups is 1. The highest BCUT2D eigenvalue weighted by molar-refractivity contribution is 5.44. The zero-order chi connectivity index (χ0) is 20.4. The molecule has 0 heterocycles. The lowest BCUT2D eigenvalue weighted by atomic mass is 9.77. The maximum Gasteiger partial charge on any atom is 0.188 e.